The van der Waals surface area contributed by atoms with Gasteiger partial charge < -0.3 is 10.2 Å². The molecule has 128 valence electrons. The molecular formula is C14H20ClN3O3S2. The Balaban J connectivity index is 1.78. The van der Waals surface area contributed by atoms with Crippen molar-refractivity contribution in [2.75, 3.05) is 32.7 Å². The molecular weight excluding hydrogens is 358 g/mol. The monoisotopic (exact) mass is 377 g/mol. The van der Waals surface area contributed by atoms with Crippen LogP contribution in [0.5, 0.6) is 0 Å². The first-order chi connectivity index (χ1) is 10.9. The van der Waals surface area contributed by atoms with E-state index in [0.29, 0.717) is 30.5 Å². The van der Waals surface area contributed by atoms with Crippen molar-refractivity contribution in [1.29, 1.82) is 0 Å². The predicted octanol–water partition coefficient (Wildman–Crippen LogP) is 1.29. The van der Waals surface area contributed by atoms with Gasteiger partial charge in [0.15, 0.2) is 0 Å². The Labute approximate surface area is 145 Å². The summed E-state index contributed by atoms with van der Waals surface area (Å²) in [7, 11) is -3.54. The van der Waals surface area contributed by atoms with Crippen molar-refractivity contribution in [1.82, 2.24) is 14.5 Å². The molecule has 1 aromatic rings. The van der Waals surface area contributed by atoms with E-state index in [1.807, 2.05) is 4.90 Å². The Bertz CT molecular complexity index is 685. The van der Waals surface area contributed by atoms with Crippen molar-refractivity contribution < 1.29 is 13.2 Å². The zero-order valence-electron chi connectivity index (χ0n) is 12.9. The molecule has 2 fully saturated rings. The molecule has 0 aromatic carbocycles. The van der Waals surface area contributed by atoms with Crippen LogP contribution in [0.2, 0.25) is 4.34 Å². The highest BCUT2D eigenvalue weighted by atomic mass is 35.5. The molecule has 2 saturated heterocycles. The number of piperazine rings is 1. The first-order valence-corrected chi connectivity index (χ1v) is 10.3. The molecule has 1 atom stereocenters. The van der Waals surface area contributed by atoms with Crippen LogP contribution in [0.3, 0.4) is 0 Å². The minimum absolute atomic E-state index is 0.0374. The van der Waals surface area contributed by atoms with E-state index in [-0.39, 0.29) is 16.2 Å². The molecule has 0 aliphatic carbocycles. The third-order valence-electron chi connectivity index (χ3n) is 4.35. The van der Waals surface area contributed by atoms with Gasteiger partial charge in [0.05, 0.1) is 10.9 Å². The fourth-order valence-electron chi connectivity index (χ4n) is 3.09. The lowest BCUT2D eigenvalue weighted by molar-refractivity contribution is -0.135. The zero-order chi connectivity index (χ0) is 16.6. The molecule has 6 nitrogen and oxygen atoms in total. The molecule has 2 aliphatic rings. The lowest BCUT2D eigenvalue weighted by atomic mass is 10.1. The number of sulfonamides is 1. The van der Waals surface area contributed by atoms with E-state index in [0.717, 1.165) is 36.3 Å². The van der Waals surface area contributed by atoms with Crippen LogP contribution in [-0.2, 0) is 14.8 Å². The predicted molar refractivity (Wildman–Crippen MR) is 90.4 cm³/mol. The lowest BCUT2D eigenvalue weighted by Crippen LogP contribution is -2.57. The second-order valence-electron chi connectivity index (χ2n) is 5.95. The average Bonchev–Trinajstić information content (AvgIpc) is 2.88. The minimum atomic E-state index is -3.54. The molecule has 1 unspecified atom stereocenters. The summed E-state index contributed by atoms with van der Waals surface area (Å²) in [4.78, 5) is 13.9. The molecule has 2 aliphatic heterocycles. The number of hydrogen-bond donors (Lipinski definition) is 1. The van der Waals surface area contributed by atoms with Gasteiger partial charge in [-0.2, -0.15) is 4.31 Å². The molecule has 0 bridgehead atoms. The van der Waals surface area contributed by atoms with Crippen molar-refractivity contribution in [3.05, 3.63) is 16.0 Å². The Morgan fingerprint density at radius 2 is 2.17 bits per heavy atom. The Hall–Kier alpha value is -0.670. The van der Waals surface area contributed by atoms with E-state index in [4.69, 9.17) is 11.6 Å². The molecule has 0 radical (unpaired) electrons. The van der Waals surface area contributed by atoms with Crippen LogP contribution >= 0.6 is 22.9 Å². The molecule has 0 spiro atoms. The van der Waals surface area contributed by atoms with Gasteiger partial charge in [0.2, 0.25) is 5.91 Å². The van der Waals surface area contributed by atoms with E-state index in [1.165, 1.54) is 4.31 Å². The number of amides is 1. The van der Waals surface area contributed by atoms with Gasteiger partial charge >= 0.3 is 0 Å². The highest BCUT2D eigenvalue weighted by molar-refractivity contribution is 7.91. The van der Waals surface area contributed by atoms with Gasteiger partial charge in [0, 0.05) is 32.2 Å². The number of piperidine rings is 1. The van der Waals surface area contributed by atoms with Crippen molar-refractivity contribution >= 4 is 38.9 Å². The number of nitrogens with zero attached hydrogens (tertiary/aromatic N) is 2. The van der Waals surface area contributed by atoms with Crippen LogP contribution in [0.1, 0.15) is 18.4 Å². The van der Waals surface area contributed by atoms with Gasteiger partial charge in [0.25, 0.3) is 10.0 Å². The van der Waals surface area contributed by atoms with E-state index < -0.39 is 10.0 Å². The van der Waals surface area contributed by atoms with Crippen molar-refractivity contribution in [3.63, 3.8) is 0 Å². The first kappa shape index (κ1) is 17.2. The molecule has 23 heavy (non-hydrogen) atoms. The Kier molecular flexibility index (Phi) is 4.98. The molecule has 3 heterocycles. The number of halogens is 1. The van der Waals surface area contributed by atoms with E-state index >= 15 is 0 Å². The second kappa shape index (κ2) is 6.68. The number of nitrogens with one attached hydrogen (secondary N) is 1. The Morgan fingerprint density at radius 1 is 1.39 bits per heavy atom. The molecule has 0 saturated carbocycles. The van der Waals surface area contributed by atoms with Gasteiger partial charge in [-0.3, -0.25) is 4.79 Å². The summed E-state index contributed by atoms with van der Waals surface area (Å²) >= 11 is 7.12. The van der Waals surface area contributed by atoms with E-state index in [2.05, 4.69) is 5.32 Å². The highest BCUT2D eigenvalue weighted by Gasteiger charge is 2.35. The number of rotatable bonds is 3. The largest absolute Gasteiger partial charge is 0.336 e. The lowest BCUT2D eigenvalue weighted by Gasteiger charge is -2.40. The van der Waals surface area contributed by atoms with Gasteiger partial charge in [-0.15, -0.1) is 11.3 Å². The Morgan fingerprint density at radius 3 is 2.83 bits per heavy atom. The summed E-state index contributed by atoms with van der Waals surface area (Å²) in [5, 5.41) is 3.04. The van der Waals surface area contributed by atoms with Crippen molar-refractivity contribution in [2.45, 2.75) is 30.0 Å². The van der Waals surface area contributed by atoms with Gasteiger partial charge in [-0.25, -0.2) is 8.42 Å². The van der Waals surface area contributed by atoms with Gasteiger partial charge in [-0.1, -0.05) is 11.6 Å². The van der Waals surface area contributed by atoms with Crippen LogP contribution in [0.4, 0.5) is 0 Å². The number of thiophene rings is 1. The molecule has 1 N–H and O–H groups in total. The van der Waals surface area contributed by atoms with Gasteiger partial charge in [0.1, 0.15) is 4.21 Å². The highest BCUT2D eigenvalue weighted by Crippen LogP contribution is 2.33. The second-order valence-corrected chi connectivity index (χ2v) is 9.76. The maximum atomic E-state index is 12.8. The quantitative estimate of drug-likeness (QED) is 0.861. The standard InChI is InChI=1S/C14H20ClN3O3S2/c1-10-7-13(22-14(10)15)23(20,21)17-5-2-3-11(9-17)18-6-4-16-8-12(18)19/h7,11,16H,2-6,8-9H2,1H3. The van der Waals surface area contributed by atoms with Crippen LogP contribution in [-0.4, -0.2) is 62.3 Å². The maximum absolute atomic E-state index is 12.8. The van der Waals surface area contributed by atoms with Crippen LogP contribution in [0.15, 0.2) is 10.3 Å². The normalized spacial score (nSPS) is 24.2. The fourth-order valence-corrected chi connectivity index (χ4v) is 6.47. The number of carbonyl (C=O) groups excluding carboxylic acids is 1. The summed E-state index contributed by atoms with van der Waals surface area (Å²) in [6.45, 7) is 4.39. The minimum Gasteiger partial charge on any atom is -0.336 e. The summed E-state index contributed by atoms with van der Waals surface area (Å²) in [6.07, 6.45) is 1.61. The van der Waals surface area contributed by atoms with Crippen LogP contribution < -0.4 is 5.32 Å². The number of hydrogen-bond acceptors (Lipinski definition) is 5. The van der Waals surface area contributed by atoms with Crippen molar-refractivity contribution in [3.8, 4) is 0 Å². The number of aryl methyl sites for hydroxylation is 1. The molecule has 1 amide bonds. The zero-order valence-corrected chi connectivity index (χ0v) is 15.3. The van der Waals surface area contributed by atoms with Gasteiger partial charge in [-0.05, 0) is 31.4 Å². The van der Waals surface area contributed by atoms with Crippen LogP contribution in [0, 0.1) is 6.92 Å². The topological polar surface area (TPSA) is 69.7 Å². The van der Waals surface area contributed by atoms with Crippen LogP contribution in [0.25, 0.3) is 0 Å². The summed E-state index contributed by atoms with van der Waals surface area (Å²) in [5.74, 6) is 0.0514. The van der Waals surface area contributed by atoms with E-state index in [1.54, 1.807) is 13.0 Å². The number of carbonyl (C=O) groups is 1. The maximum Gasteiger partial charge on any atom is 0.252 e. The smallest absolute Gasteiger partial charge is 0.252 e. The fraction of sp³-hybridized carbons (Fsp3) is 0.643. The third kappa shape index (κ3) is 3.41. The molecule has 1 aromatic heterocycles. The summed E-state index contributed by atoms with van der Waals surface area (Å²) in [6, 6.07) is 1.59. The first-order valence-electron chi connectivity index (χ1n) is 7.66. The third-order valence-corrected chi connectivity index (χ3v) is 8.22. The SMILES string of the molecule is Cc1cc(S(=O)(=O)N2CCCC(N3CCNCC3=O)C2)sc1Cl. The van der Waals surface area contributed by atoms with Crippen molar-refractivity contribution in [2.24, 2.45) is 0 Å². The summed E-state index contributed by atoms with van der Waals surface area (Å²) < 4.78 is 27.9. The van der Waals surface area contributed by atoms with E-state index in [9.17, 15) is 13.2 Å². The molecule has 3 rings (SSSR count). The average molecular weight is 378 g/mol. The summed E-state index contributed by atoms with van der Waals surface area (Å²) in [5.41, 5.74) is 0.779. The molecule has 9 heteroatoms.